The Balaban J connectivity index is 1.64. The Labute approximate surface area is 187 Å². The summed E-state index contributed by atoms with van der Waals surface area (Å²) in [4.78, 5) is 15.5. The number of carbonyl (C=O) groups is 1. The van der Waals surface area contributed by atoms with Crippen molar-refractivity contribution in [2.75, 3.05) is 5.32 Å². The number of carboxylic acids is 1. The largest absolute Gasteiger partial charge is 0.478 e. The van der Waals surface area contributed by atoms with Crippen LogP contribution in [0.15, 0.2) is 79.0 Å². The number of rotatable bonds is 6. The van der Waals surface area contributed by atoms with Gasteiger partial charge >= 0.3 is 12.1 Å². The number of carboxylic acid groups (broad SMARTS) is 1. The maximum Gasteiger partial charge on any atom is 0.416 e. The van der Waals surface area contributed by atoms with Gasteiger partial charge in [0.1, 0.15) is 17.3 Å². The van der Waals surface area contributed by atoms with Gasteiger partial charge in [-0.1, -0.05) is 24.3 Å². The number of alkyl halides is 3. The van der Waals surface area contributed by atoms with E-state index in [1.807, 2.05) is 19.1 Å². The zero-order chi connectivity index (χ0) is 23.6. The quantitative estimate of drug-likeness (QED) is 0.332. The molecule has 3 aromatic carbocycles. The summed E-state index contributed by atoms with van der Waals surface area (Å²) in [6.45, 7) is 1.91. The van der Waals surface area contributed by atoms with Crippen LogP contribution in [0.2, 0.25) is 0 Å². The van der Waals surface area contributed by atoms with Gasteiger partial charge in [0.25, 0.3) is 0 Å². The second kappa shape index (κ2) is 8.82. The molecule has 0 radical (unpaired) electrons. The molecule has 0 aliphatic heterocycles. The molecule has 0 aliphatic rings. The fourth-order valence-electron chi connectivity index (χ4n) is 3.43. The summed E-state index contributed by atoms with van der Waals surface area (Å²) in [6.07, 6.45) is -2.77. The normalized spacial score (nSPS) is 12.4. The standard InChI is InChI=1S/C25H19F3N2O3/c1-15(16-5-7-18(8-6-16)24(31)32)30-23-22-17(13-14-29-23)3-2-4-21(22)33-20-11-9-19(10-12-20)25(26,27)28/h2-15H,1H3,(H,29,30)(H,31,32)/t15-/m0/s1. The lowest BCUT2D eigenvalue weighted by Crippen LogP contribution is -2.09. The predicted octanol–water partition coefficient (Wildman–Crippen LogP) is 6.92. The summed E-state index contributed by atoms with van der Waals surface area (Å²) in [6, 6.07) is 18.0. The van der Waals surface area contributed by atoms with Gasteiger partial charge in [0.15, 0.2) is 0 Å². The van der Waals surface area contributed by atoms with Crippen molar-refractivity contribution in [3.8, 4) is 11.5 Å². The summed E-state index contributed by atoms with van der Waals surface area (Å²) >= 11 is 0. The number of halogens is 3. The van der Waals surface area contributed by atoms with Gasteiger partial charge in [-0.3, -0.25) is 0 Å². The van der Waals surface area contributed by atoms with Gasteiger partial charge in [0.2, 0.25) is 0 Å². The Kier molecular flexibility index (Phi) is 5.91. The second-order valence-corrected chi connectivity index (χ2v) is 7.43. The molecule has 4 rings (SSSR count). The molecule has 5 nitrogen and oxygen atoms in total. The van der Waals surface area contributed by atoms with Crippen molar-refractivity contribution in [3.05, 3.63) is 95.7 Å². The SMILES string of the molecule is C[C@H](Nc1nccc2cccc(Oc3ccc(C(F)(F)F)cc3)c12)c1ccc(C(=O)O)cc1. The van der Waals surface area contributed by atoms with Gasteiger partial charge in [-0.25, -0.2) is 9.78 Å². The van der Waals surface area contributed by atoms with E-state index >= 15 is 0 Å². The zero-order valence-corrected chi connectivity index (χ0v) is 17.4. The molecule has 0 saturated carbocycles. The molecule has 33 heavy (non-hydrogen) atoms. The van der Waals surface area contributed by atoms with E-state index < -0.39 is 17.7 Å². The lowest BCUT2D eigenvalue weighted by atomic mass is 10.1. The third-order valence-corrected chi connectivity index (χ3v) is 5.17. The van der Waals surface area contributed by atoms with Crippen LogP contribution in [0.4, 0.5) is 19.0 Å². The molecule has 2 N–H and O–H groups in total. The van der Waals surface area contributed by atoms with Crippen LogP contribution < -0.4 is 10.1 Å². The van der Waals surface area contributed by atoms with E-state index in [0.717, 1.165) is 23.1 Å². The number of fused-ring (bicyclic) bond motifs is 1. The summed E-state index contributed by atoms with van der Waals surface area (Å²) in [5.41, 5.74) is 0.306. The van der Waals surface area contributed by atoms with Gasteiger partial charge in [-0.15, -0.1) is 0 Å². The fraction of sp³-hybridized carbons (Fsp3) is 0.120. The highest BCUT2D eigenvalue weighted by Gasteiger charge is 2.30. The molecular weight excluding hydrogens is 433 g/mol. The van der Waals surface area contributed by atoms with Crippen molar-refractivity contribution in [1.82, 2.24) is 4.98 Å². The van der Waals surface area contributed by atoms with E-state index in [-0.39, 0.29) is 17.4 Å². The molecule has 0 fully saturated rings. The first-order chi connectivity index (χ1) is 15.7. The van der Waals surface area contributed by atoms with Crippen molar-refractivity contribution in [2.45, 2.75) is 19.1 Å². The molecule has 4 aromatic rings. The van der Waals surface area contributed by atoms with Gasteiger partial charge in [0.05, 0.1) is 16.5 Å². The number of hydrogen-bond donors (Lipinski definition) is 2. The third kappa shape index (κ3) is 4.90. The molecule has 168 valence electrons. The summed E-state index contributed by atoms with van der Waals surface area (Å²) in [5, 5.41) is 13.9. The van der Waals surface area contributed by atoms with E-state index in [4.69, 9.17) is 9.84 Å². The lowest BCUT2D eigenvalue weighted by Gasteiger charge is -2.18. The minimum Gasteiger partial charge on any atom is -0.478 e. The molecule has 1 atom stereocenters. The number of hydrogen-bond acceptors (Lipinski definition) is 4. The van der Waals surface area contributed by atoms with Crippen LogP contribution in [0.5, 0.6) is 11.5 Å². The van der Waals surface area contributed by atoms with Crippen molar-refractivity contribution in [3.63, 3.8) is 0 Å². The maximum absolute atomic E-state index is 12.8. The van der Waals surface area contributed by atoms with E-state index in [2.05, 4.69) is 10.3 Å². The number of benzene rings is 3. The zero-order valence-electron chi connectivity index (χ0n) is 17.4. The first kappa shape index (κ1) is 22.1. The minimum absolute atomic E-state index is 0.196. The lowest BCUT2D eigenvalue weighted by molar-refractivity contribution is -0.137. The molecule has 1 heterocycles. The number of nitrogens with one attached hydrogen (secondary N) is 1. The highest BCUT2D eigenvalue weighted by atomic mass is 19.4. The van der Waals surface area contributed by atoms with Gasteiger partial charge in [-0.05, 0) is 66.4 Å². The number of aromatic nitrogens is 1. The Morgan fingerprint density at radius 1 is 1.00 bits per heavy atom. The van der Waals surface area contributed by atoms with Gasteiger partial charge in [0, 0.05) is 12.2 Å². The van der Waals surface area contributed by atoms with E-state index in [1.54, 1.807) is 30.5 Å². The number of pyridine rings is 1. The van der Waals surface area contributed by atoms with Crippen molar-refractivity contribution < 1.29 is 27.8 Å². The number of anilines is 1. The van der Waals surface area contributed by atoms with E-state index in [9.17, 15) is 18.0 Å². The van der Waals surface area contributed by atoms with Crippen molar-refractivity contribution in [1.29, 1.82) is 0 Å². The summed E-state index contributed by atoms with van der Waals surface area (Å²) in [5.74, 6) is 0.242. The Morgan fingerprint density at radius 2 is 1.70 bits per heavy atom. The van der Waals surface area contributed by atoms with Crippen LogP contribution in [-0.2, 0) is 6.18 Å². The first-order valence-electron chi connectivity index (χ1n) is 10.0. The van der Waals surface area contributed by atoms with Crippen LogP contribution in [0.1, 0.15) is 34.5 Å². The van der Waals surface area contributed by atoms with Crippen LogP contribution in [0, 0.1) is 0 Å². The van der Waals surface area contributed by atoms with Crippen molar-refractivity contribution in [2.24, 2.45) is 0 Å². The first-order valence-corrected chi connectivity index (χ1v) is 10.0. The van der Waals surface area contributed by atoms with Crippen LogP contribution >= 0.6 is 0 Å². The van der Waals surface area contributed by atoms with Gasteiger partial charge < -0.3 is 15.2 Å². The fourth-order valence-corrected chi connectivity index (χ4v) is 3.43. The number of aromatic carboxylic acids is 1. The highest BCUT2D eigenvalue weighted by molar-refractivity contribution is 5.97. The smallest absolute Gasteiger partial charge is 0.416 e. The molecule has 0 aliphatic carbocycles. The number of ether oxygens (including phenoxy) is 1. The second-order valence-electron chi connectivity index (χ2n) is 7.43. The maximum atomic E-state index is 12.8. The highest BCUT2D eigenvalue weighted by Crippen LogP contribution is 2.36. The van der Waals surface area contributed by atoms with Crippen LogP contribution in [-0.4, -0.2) is 16.1 Å². The molecule has 0 spiro atoms. The minimum atomic E-state index is -4.42. The monoisotopic (exact) mass is 452 g/mol. The van der Waals surface area contributed by atoms with E-state index in [1.165, 1.54) is 24.3 Å². The Hall–Kier alpha value is -4.07. The summed E-state index contributed by atoms with van der Waals surface area (Å²) in [7, 11) is 0. The predicted molar refractivity (Wildman–Crippen MR) is 119 cm³/mol. The van der Waals surface area contributed by atoms with Crippen LogP contribution in [0.3, 0.4) is 0 Å². The van der Waals surface area contributed by atoms with Crippen molar-refractivity contribution >= 4 is 22.6 Å². The van der Waals surface area contributed by atoms with Crippen LogP contribution in [0.25, 0.3) is 10.8 Å². The Bertz CT molecular complexity index is 1280. The number of nitrogens with zero attached hydrogens (tertiary/aromatic N) is 1. The van der Waals surface area contributed by atoms with Gasteiger partial charge in [-0.2, -0.15) is 13.2 Å². The average molecular weight is 452 g/mol. The topological polar surface area (TPSA) is 71.5 Å². The molecular formula is C25H19F3N2O3. The molecule has 0 bridgehead atoms. The molecule has 0 unspecified atom stereocenters. The molecule has 0 amide bonds. The average Bonchev–Trinajstić information content (AvgIpc) is 2.79. The third-order valence-electron chi connectivity index (χ3n) is 5.17. The Morgan fingerprint density at radius 3 is 2.33 bits per heavy atom. The summed E-state index contributed by atoms with van der Waals surface area (Å²) < 4.78 is 44.4. The molecule has 8 heteroatoms. The van der Waals surface area contributed by atoms with E-state index in [0.29, 0.717) is 17.0 Å². The molecule has 0 saturated heterocycles. The molecule has 1 aromatic heterocycles.